The van der Waals surface area contributed by atoms with E-state index in [1.54, 1.807) is 12.3 Å². The van der Waals surface area contributed by atoms with E-state index in [-0.39, 0.29) is 11.5 Å². The average Bonchev–Trinajstić information content (AvgIpc) is 2.89. The first kappa shape index (κ1) is 12.8. The predicted octanol–water partition coefficient (Wildman–Crippen LogP) is 2.02. The lowest BCUT2D eigenvalue weighted by atomic mass is 10.3. The first-order valence-corrected chi connectivity index (χ1v) is 5.71. The van der Waals surface area contributed by atoms with E-state index in [0.717, 1.165) is 5.56 Å². The molecule has 0 aliphatic carbocycles. The van der Waals surface area contributed by atoms with Crippen molar-refractivity contribution in [2.75, 3.05) is 17.2 Å². The van der Waals surface area contributed by atoms with Gasteiger partial charge in [0.1, 0.15) is 6.20 Å². The van der Waals surface area contributed by atoms with Crippen molar-refractivity contribution in [1.29, 1.82) is 0 Å². The molecule has 2 N–H and O–H groups in total. The molecule has 8 nitrogen and oxygen atoms in total. The molecule has 0 aromatic carbocycles. The first-order valence-electron chi connectivity index (χ1n) is 5.71. The van der Waals surface area contributed by atoms with Gasteiger partial charge in [-0.3, -0.25) is 10.1 Å². The van der Waals surface area contributed by atoms with Crippen molar-refractivity contribution < 1.29 is 9.34 Å². The molecule has 0 radical (unpaired) electrons. The average molecular weight is 263 g/mol. The topological polar surface area (TPSA) is 106 Å². The Kier molecular flexibility index (Phi) is 3.91. The highest BCUT2D eigenvalue weighted by Gasteiger charge is 2.16. The third-order valence-corrected chi connectivity index (χ3v) is 2.34. The van der Waals surface area contributed by atoms with Gasteiger partial charge in [-0.1, -0.05) is 0 Å². The third-order valence-electron chi connectivity index (χ3n) is 2.34. The third kappa shape index (κ3) is 3.18. The van der Waals surface area contributed by atoms with Gasteiger partial charge in [0.15, 0.2) is 0 Å². The quantitative estimate of drug-likeness (QED) is 0.606. The number of furan rings is 1. The molecule has 2 rings (SSSR count). The number of hydrogen-bond acceptors (Lipinski definition) is 7. The van der Waals surface area contributed by atoms with E-state index < -0.39 is 4.92 Å². The fourth-order valence-corrected chi connectivity index (χ4v) is 1.46. The summed E-state index contributed by atoms with van der Waals surface area (Å²) in [5, 5.41) is 16.7. The van der Waals surface area contributed by atoms with E-state index in [9.17, 15) is 10.1 Å². The predicted molar refractivity (Wildman–Crippen MR) is 68.9 cm³/mol. The Balaban J connectivity index is 2.19. The van der Waals surface area contributed by atoms with Crippen LogP contribution < -0.4 is 10.6 Å². The maximum atomic E-state index is 10.9. The minimum atomic E-state index is -0.520. The number of rotatable bonds is 6. The molecule has 8 heteroatoms. The SMILES string of the molecule is CCNc1ncc([N+](=O)[O-])c(NCc2ccoc2)n1. The molecule has 0 amide bonds. The van der Waals surface area contributed by atoms with Crippen molar-refractivity contribution in [1.82, 2.24) is 9.97 Å². The summed E-state index contributed by atoms with van der Waals surface area (Å²) in [6.45, 7) is 2.92. The fourth-order valence-electron chi connectivity index (χ4n) is 1.46. The molecule has 0 fully saturated rings. The maximum absolute atomic E-state index is 10.9. The molecule has 2 aromatic rings. The summed E-state index contributed by atoms with van der Waals surface area (Å²) in [5.74, 6) is 0.528. The van der Waals surface area contributed by atoms with Gasteiger partial charge in [0.2, 0.25) is 11.8 Å². The molecular formula is C11H13N5O3. The summed E-state index contributed by atoms with van der Waals surface area (Å²) in [4.78, 5) is 18.3. The van der Waals surface area contributed by atoms with Crippen LogP contribution in [0.2, 0.25) is 0 Å². The summed E-state index contributed by atoms with van der Waals surface area (Å²) in [6, 6.07) is 1.77. The molecule has 0 atom stereocenters. The Morgan fingerprint density at radius 3 is 2.95 bits per heavy atom. The van der Waals surface area contributed by atoms with Crippen molar-refractivity contribution in [2.24, 2.45) is 0 Å². The molecule has 0 saturated heterocycles. The number of anilines is 2. The lowest BCUT2D eigenvalue weighted by Gasteiger charge is -2.07. The Morgan fingerprint density at radius 2 is 2.32 bits per heavy atom. The zero-order chi connectivity index (χ0) is 13.7. The number of nitrogens with zero attached hydrogens (tertiary/aromatic N) is 3. The van der Waals surface area contributed by atoms with Gasteiger partial charge in [0, 0.05) is 18.7 Å². The second kappa shape index (κ2) is 5.80. The normalized spacial score (nSPS) is 10.2. The minimum Gasteiger partial charge on any atom is -0.472 e. The van der Waals surface area contributed by atoms with E-state index in [1.807, 2.05) is 6.92 Å². The zero-order valence-electron chi connectivity index (χ0n) is 10.3. The number of nitrogens with one attached hydrogen (secondary N) is 2. The summed E-state index contributed by atoms with van der Waals surface area (Å²) in [6.07, 6.45) is 4.28. The molecule has 0 unspecified atom stereocenters. The van der Waals surface area contributed by atoms with Crippen LogP contribution in [0.1, 0.15) is 12.5 Å². The Morgan fingerprint density at radius 1 is 1.47 bits per heavy atom. The van der Waals surface area contributed by atoms with E-state index in [0.29, 0.717) is 19.0 Å². The molecule has 100 valence electrons. The summed E-state index contributed by atoms with van der Waals surface area (Å²) in [7, 11) is 0. The Hall–Kier alpha value is -2.64. The molecule has 19 heavy (non-hydrogen) atoms. The van der Waals surface area contributed by atoms with Crippen LogP contribution in [0.25, 0.3) is 0 Å². The fraction of sp³-hybridized carbons (Fsp3) is 0.273. The molecule has 2 aromatic heterocycles. The van der Waals surface area contributed by atoms with Crippen LogP contribution in [0.5, 0.6) is 0 Å². The molecule has 0 spiro atoms. The largest absolute Gasteiger partial charge is 0.472 e. The van der Waals surface area contributed by atoms with Crippen LogP contribution in [0, 0.1) is 10.1 Å². The van der Waals surface area contributed by atoms with Crippen LogP contribution in [-0.2, 0) is 6.54 Å². The number of nitro groups is 1. The van der Waals surface area contributed by atoms with Crippen LogP contribution in [0.15, 0.2) is 29.2 Å². The van der Waals surface area contributed by atoms with Crippen LogP contribution in [0.4, 0.5) is 17.5 Å². The standard InChI is InChI=1S/C11H13N5O3/c1-2-12-11-14-6-9(16(17)18)10(15-11)13-5-8-3-4-19-7-8/h3-4,6-7H,2,5H2,1H3,(H2,12,13,14,15). The Labute approximate surface area is 109 Å². The molecular weight excluding hydrogens is 250 g/mol. The Bertz CT molecular complexity index is 555. The van der Waals surface area contributed by atoms with Gasteiger partial charge in [0.25, 0.3) is 0 Å². The summed E-state index contributed by atoms with van der Waals surface area (Å²) < 4.78 is 4.92. The van der Waals surface area contributed by atoms with Crippen LogP contribution in [0.3, 0.4) is 0 Å². The van der Waals surface area contributed by atoms with Gasteiger partial charge in [-0.2, -0.15) is 4.98 Å². The molecule has 0 bridgehead atoms. The van der Waals surface area contributed by atoms with Crippen molar-refractivity contribution in [3.8, 4) is 0 Å². The second-order valence-corrected chi connectivity index (χ2v) is 3.70. The lowest BCUT2D eigenvalue weighted by Crippen LogP contribution is -2.08. The zero-order valence-corrected chi connectivity index (χ0v) is 10.3. The van der Waals surface area contributed by atoms with Gasteiger partial charge in [-0.25, -0.2) is 4.98 Å². The highest BCUT2D eigenvalue weighted by molar-refractivity contribution is 5.57. The van der Waals surface area contributed by atoms with E-state index in [2.05, 4.69) is 20.6 Å². The van der Waals surface area contributed by atoms with Crippen molar-refractivity contribution in [3.05, 3.63) is 40.5 Å². The first-order chi connectivity index (χ1) is 9.20. The smallest absolute Gasteiger partial charge is 0.329 e. The maximum Gasteiger partial charge on any atom is 0.329 e. The number of hydrogen-bond donors (Lipinski definition) is 2. The molecule has 0 aliphatic rings. The van der Waals surface area contributed by atoms with Gasteiger partial charge in [-0.05, 0) is 13.0 Å². The number of aromatic nitrogens is 2. The highest BCUT2D eigenvalue weighted by atomic mass is 16.6. The van der Waals surface area contributed by atoms with Crippen LogP contribution >= 0.6 is 0 Å². The molecule has 0 saturated carbocycles. The van der Waals surface area contributed by atoms with Crippen molar-refractivity contribution in [2.45, 2.75) is 13.5 Å². The highest BCUT2D eigenvalue weighted by Crippen LogP contribution is 2.22. The van der Waals surface area contributed by atoms with E-state index in [4.69, 9.17) is 4.42 Å². The van der Waals surface area contributed by atoms with Crippen LogP contribution in [-0.4, -0.2) is 21.4 Å². The molecule has 0 aliphatic heterocycles. The van der Waals surface area contributed by atoms with Gasteiger partial charge in [0.05, 0.1) is 17.4 Å². The van der Waals surface area contributed by atoms with Gasteiger partial charge < -0.3 is 15.1 Å². The summed E-state index contributed by atoms with van der Waals surface area (Å²) >= 11 is 0. The van der Waals surface area contributed by atoms with Gasteiger partial charge in [-0.15, -0.1) is 0 Å². The lowest BCUT2D eigenvalue weighted by molar-refractivity contribution is -0.384. The van der Waals surface area contributed by atoms with Gasteiger partial charge >= 0.3 is 5.69 Å². The molecule has 2 heterocycles. The van der Waals surface area contributed by atoms with Crippen molar-refractivity contribution >= 4 is 17.5 Å². The summed E-state index contributed by atoms with van der Waals surface area (Å²) in [5.41, 5.74) is 0.711. The van der Waals surface area contributed by atoms with E-state index >= 15 is 0 Å². The second-order valence-electron chi connectivity index (χ2n) is 3.70. The van der Waals surface area contributed by atoms with Crippen molar-refractivity contribution in [3.63, 3.8) is 0 Å². The van der Waals surface area contributed by atoms with E-state index in [1.165, 1.54) is 12.5 Å². The monoisotopic (exact) mass is 263 g/mol. The minimum absolute atomic E-state index is 0.162.